The van der Waals surface area contributed by atoms with Crippen molar-refractivity contribution in [3.8, 4) is 5.75 Å². The van der Waals surface area contributed by atoms with E-state index in [1.165, 1.54) is 0 Å². The second kappa shape index (κ2) is 6.41. The summed E-state index contributed by atoms with van der Waals surface area (Å²) in [5.41, 5.74) is -0.268. The van der Waals surface area contributed by atoms with E-state index in [1.54, 1.807) is 0 Å². The van der Waals surface area contributed by atoms with Crippen LogP contribution in [0.15, 0.2) is 18.2 Å². The molecule has 17 heavy (non-hydrogen) atoms. The third kappa shape index (κ3) is 4.68. The number of hydrogen-bond acceptors (Lipinski definition) is 6. The summed E-state index contributed by atoms with van der Waals surface area (Å²) in [7, 11) is -3.54. The molecule has 1 unspecified atom stereocenters. The van der Waals surface area contributed by atoms with Crippen molar-refractivity contribution in [2.75, 3.05) is 7.11 Å². The molecule has 0 heterocycles. The van der Waals surface area contributed by atoms with Crippen LogP contribution in [0, 0.1) is 10.1 Å². The van der Waals surface area contributed by atoms with Gasteiger partial charge in [-0.15, -0.1) is 0 Å². The first-order valence-electron chi connectivity index (χ1n) is 3.86. The summed E-state index contributed by atoms with van der Waals surface area (Å²) >= 11 is 5.59. The van der Waals surface area contributed by atoms with Gasteiger partial charge in [-0.3, -0.25) is 14.7 Å². The fourth-order valence-corrected chi connectivity index (χ4v) is 1.58. The Hall–Kier alpha value is -0.543. The van der Waals surface area contributed by atoms with Crippen LogP contribution in [-0.2, 0) is 9.09 Å². The topological polar surface area (TPSA) is 102 Å². The van der Waals surface area contributed by atoms with E-state index in [0.717, 1.165) is 25.3 Å². The standard InChI is InChI=1S/C7H7ClNO6P.Li/c1-14-16(12,13)15-7-3-2-5(9(10)11)4-6(7)8;/h2-4H,1H3,(H,12,13);/q;+1/p-1. The van der Waals surface area contributed by atoms with Gasteiger partial charge < -0.3 is 13.9 Å². The Kier molecular flexibility index (Phi) is 6.20. The summed E-state index contributed by atoms with van der Waals surface area (Å²) in [6, 6.07) is 3.12. The van der Waals surface area contributed by atoms with Crippen LogP contribution in [-0.4, -0.2) is 12.0 Å². The van der Waals surface area contributed by atoms with Crippen LogP contribution in [0.4, 0.5) is 5.69 Å². The Bertz CT molecular complexity index is 470. The molecule has 10 heteroatoms. The molecule has 1 rings (SSSR count). The maximum absolute atomic E-state index is 10.9. The van der Waals surface area contributed by atoms with E-state index in [-0.39, 0.29) is 35.3 Å². The van der Waals surface area contributed by atoms with Crippen LogP contribution >= 0.6 is 19.4 Å². The number of rotatable bonds is 4. The molecule has 0 aromatic heterocycles. The van der Waals surface area contributed by atoms with Crippen molar-refractivity contribution in [3.63, 3.8) is 0 Å². The number of benzene rings is 1. The molecule has 1 aromatic rings. The van der Waals surface area contributed by atoms with Crippen LogP contribution in [0.2, 0.25) is 5.02 Å². The molecule has 0 fully saturated rings. The van der Waals surface area contributed by atoms with Crippen molar-refractivity contribution in [1.29, 1.82) is 0 Å². The van der Waals surface area contributed by atoms with Crippen molar-refractivity contribution >= 4 is 25.1 Å². The number of phosphoric acid groups is 1. The Morgan fingerprint density at radius 2 is 2.06 bits per heavy atom. The summed E-state index contributed by atoms with van der Waals surface area (Å²) in [4.78, 5) is 20.6. The molecule has 0 amide bonds. The van der Waals surface area contributed by atoms with Gasteiger partial charge in [0.1, 0.15) is 5.75 Å². The van der Waals surface area contributed by atoms with Crippen molar-refractivity contribution in [2.45, 2.75) is 0 Å². The summed E-state index contributed by atoms with van der Waals surface area (Å²) < 4.78 is 19.4. The summed E-state index contributed by atoms with van der Waals surface area (Å²) in [5.74, 6) is -0.229. The quantitative estimate of drug-likeness (QED) is 0.294. The molecule has 0 saturated heterocycles. The molecule has 7 nitrogen and oxygen atoms in total. The van der Waals surface area contributed by atoms with Crippen LogP contribution < -0.4 is 28.3 Å². The smallest absolute Gasteiger partial charge is 0.746 e. The van der Waals surface area contributed by atoms with E-state index in [9.17, 15) is 19.6 Å². The minimum Gasteiger partial charge on any atom is -0.746 e. The summed E-state index contributed by atoms with van der Waals surface area (Å²) in [5, 5.41) is 10.2. The van der Waals surface area contributed by atoms with Crippen LogP contribution in [0.3, 0.4) is 0 Å². The molecule has 1 aromatic carbocycles. The van der Waals surface area contributed by atoms with Crippen molar-refractivity contribution in [1.82, 2.24) is 0 Å². The van der Waals surface area contributed by atoms with E-state index in [4.69, 9.17) is 11.6 Å². The van der Waals surface area contributed by atoms with Gasteiger partial charge in [0.25, 0.3) is 5.69 Å². The Labute approximate surface area is 114 Å². The first-order chi connectivity index (χ1) is 7.35. The van der Waals surface area contributed by atoms with Gasteiger partial charge in [0, 0.05) is 19.2 Å². The molecule has 88 valence electrons. The van der Waals surface area contributed by atoms with E-state index >= 15 is 0 Å². The molecule has 0 spiro atoms. The Morgan fingerprint density at radius 3 is 2.47 bits per heavy atom. The van der Waals surface area contributed by atoms with Gasteiger partial charge in [-0.25, -0.2) is 0 Å². The number of non-ortho nitro benzene ring substituents is 1. The second-order valence-corrected chi connectivity index (χ2v) is 4.44. The zero-order valence-corrected chi connectivity index (χ0v) is 10.6. The zero-order valence-electron chi connectivity index (χ0n) is 8.95. The number of halogens is 1. The first-order valence-corrected chi connectivity index (χ1v) is 5.70. The fraction of sp³-hybridized carbons (Fsp3) is 0.143. The number of nitrogens with zero attached hydrogens (tertiary/aromatic N) is 1. The maximum Gasteiger partial charge on any atom is 1.00 e. The Morgan fingerprint density at radius 1 is 1.47 bits per heavy atom. The molecule has 0 bridgehead atoms. The van der Waals surface area contributed by atoms with Gasteiger partial charge in [0.2, 0.25) is 0 Å². The number of nitro benzene ring substituents is 1. The van der Waals surface area contributed by atoms with Crippen molar-refractivity contribution in [3.05, 3.63) is 33.3 Å². The van der Waals surface area contributed by atoms with E-state index < -0.39 is 12.7 Å². The molecule has 0 aliphatic heterocycles. The van der Waals surface area contributed by atoms with Crippen molar-refractivity contribution < 1.29 is 42.3 Å². The third-order valence-corrected chi connectivity index (χ3v) is 2.72. The van der Waals surface area contributed by atoms with Crippen LogP contribution in [0.25, 0.3) is 0 Å². The predicted octanol–water partition coefficient (Wildman–Crippen LogP) is -1.25. The summed E-state index contributed by atoms with van der Waals surface area (Å²) in [6.07, 6.45) is 0. The molecule has 0 radical (unpaired) electrons. The van der Waals surface area contributed by atoms with Gasteiger partial charge in [0.15, 0.2) is 0 Å². The molecule has 0 aliphatic rings. The summed E-state index contributed by atoms with van der Waals surface area (Å²) in [6.45, 7) is 0. The monoisotopic (exact) mass is 273 g/mol. The molecular formula is C7H6ClLiNO6P. The number of nitro groups is 1. The van der Waals surface area contributed by atoms with E-state index in [0.29, 0.717) is 0 Å². The van der Waals surface area contributed by atoms with Gasteiger partial charge in [-0.2, -0.15) is 0 Å². The fourth-order valence-electron chi connectivity index (χ4n) is 0.835. The van der Waals surface area contributed by atoms with E-state index in [2.05, 4.69) is 9.05 Å². The Balaban J connectivity index is 0.00000256. The van der Waals surface area contributed by atoms with Gasteiger partial charge in [-0.05, 0) is 6.07 Å². The predicted molar refractivity (Wildman–Crippen MR) is 53.3 cm³/mol. The number of hydrogen-bond donors (Lipinski definition) is 0. The number of phosphoric ester groups is 1. The SMILES string of the molecule is COP(=O)([O-])Oc1ccc([N+](=O)[O-])cc1Cl.[Li+]. The average molecular weight is 273 g/mol. The average Bonchev–Trinajstić information content (AvgIpc) is 2.20. The third-order valence-electron chi connectivity index (χ3n) is 1.56. The normalized spacial score (nSPS) is 13.4. The van der Waals surface area contributed by atoms with E-state index in [1.807, 2.05) is 0 Å². The largest absolute Gasteiger partial charge is 1.00 e. The maximum atomic E-state index is 10.9. The minimum atomic E-state index is -4.47. The molecule has 0 saturated carbocycles. The minimum absolute atomic E-state index is 0. The molecule has 0 N–H and O–H groups in total. The second-order valence-electron chi connectivity index (χ2n) is 2.59. The van der Waals surface area contributed by atoms with Crippen molar-refractivity contribution in [2.24, 2.45) is 0 Å². The molecule has 1 atom stereocenters. The van der Waals surface area contributed by atoms with Crippen LogP contribution in [0.1, 0.15) is 0 Å². The first kappa shape index (κ1) is 16.5. The van der Waals surface area contributed by atoms with Crippen LogP contribution in [0.5, 0.6) is 5.75 Å². The molecular weight excluding hydrogens is 267 g/mol. The van der Waals surface area contributed by atoms with Gasteiger partial charge in [-0.1, -0.05) is 11.6 Å². The zero-order chi connectivity index (χ0) is 12.3. The van der Waals surface area contributed by atoms with Gasteiger partial charge >= 0.3 is 26.7 Å². The van der Waals surface area contributed by atoms with Gasteiger partial charge in [0.05, 0.1) is 9.95 Å². The molecule has 0 aliphatic carbocycles.